The van der Waals surface area contributed by atoms with Crippen LogP contribution in [-0.2, 0) is 30.3 Å². The zero-order valence-electron chi connectivity index (χ0n) is 31.5. The van der Waals surface area contributed by atoms with Crippen molar-refractivity contribution in [2.24, 2.45) is 17.8 Å². The summed E-state index contributed by atoms with van der Waals surface area (Å²) in [5.74, 6) is -3.80. The predicted molar refractivity (Wildman–Crippen MR) is 198 cm³/mol. The molecule has 3 amide bonds. The Hall–Kier alpha value is -3.88. The van der Waals surface area contributed by atoms with E-state index in [1.165, 1.54) is 11.8 Å². The number of aliphatic hydroxyl groups is 1. The van der Waals surface area contributed by atoms with Gasteiger partial charge in [-0.1, -0.05) is 77.8 Å². The zero-order chi connectivity index (χ0) is 38.5. The fraction of sp³-hybridized carbons (Fsp3) is 0.632. The maximum atomic E-state index is 14.2. The Labute approximate surface area is 311 Å². The van der Waals surface area contributed by atoms with E-state index >= 15 is 0 Å². The lowest BCUT2D eigenvalue weighted by Crippen LogP contribution is -2.59. The maximum Gasteiger partial charge on any atom is 0.306 e. The third-order valence-electron chi connectivity index (χ3n) is 9.97. The third kappa shape index (κ3) is 12.1. The number of carboxylic acids is 1. The summed E-state index contributed by atoms with van der Waals surface area (Å²) in [5.41, 5.74) is 1.03. The summed E-state index contributed by atoms with van der Waals surface area (Å²) in [6.45, 7) is 10.7. The molecule has 0 radical (unpaired) electrons. The van der Waals surface area contributed by atoms with Crippen molar-refractivity contribution in [3.05, 3.63) is 52.0 Å². The highest BCUT2D eigenvalue weighted by atomic mass is 32.1. The summed E-state index contributed by atoms with van der Waals surface area (Å²) in [4.78, 5) is 73.0. The molecule has 0 bridgehead atoms. The maximum absolute atomic E-state index is 14.2. The third-order valence-corrected chi connectivity index (χ3v) is 10.9. The van der Waals surface area contributed by atoms with Gasteiger partial charge in [0, 0.05) is 30.8 Å². The molecule has 0 saturated carbocycles. The molecule has 0 spiro atoms. The Morgan fingerprint density at radius 2 is 1.75 bits per heavy atom. The van der Waals surface area contributed by atoms with E-state index in [1.54, 1.807) is 12.3 Å². The minimum Gasteiger partial charge on any atom is -0.481 e. The number of benzene rings is 1. The molecule has 7 unspecified atom stereocenters. The van der Waals surface area contributed by atoms with E-state index in [4.69, 9.17) is 4.74 Å². The van der Waals surface area contributed by atoms with Gasteiger partial charge < -0.3 is 30.5 Å². The number of hydrogen-bond acceptors (Lipinski definition) is 10. The molecule has 0 aliphatic carbocycles. The topological polar surface area (TPSA) is 178 Å². The van der Waals surface area contributed by atoms with Crippen molar-refractivity contribution in [2.75, 3.05) is 20.3 Å². The van der Waals surface area contributed by atoms with Crippen molar-refractivity contribution in [2.45, 2.75) is 117 Å². The van der Waals surface area contributed by atoms with Crippen LogP contribution in [0.3, 0.4) is 0 Å². The van der Waals surface area contributed by atoms with Gasteiger partial charge in [0.15, 0.2) is 6.10 Å². The molecule has 1 fully saturated rings. The fourth-order valence-electron chi connectivity index (χ4n) is 6.65. The zero-order valence-corrected chi connectivity index (χ0v) is 32.4. The van der Waals surface area contributed by atoms with Crippen LogP contribution in [0, 0.1) is 17.8 Å². The van der Waals surface area contributed by atoms with E-state index in [9.17, 15) is 34.2 Å². The van der Waals surface area contributed by atoms with Crippen molar-refractivity contribution in [1.29, 1.82) is 0 Å². The molecule has 14 heteroatoms. The molecule has 1 aromatic carbocycles. The van der Waals surface area contributed by atoms with Crippen LogP contribution in [0.15, 0.2) is 35.7 Å². The molecule has 1 aliphatic rings. The molecule has 2 aromatic rings. The number of amides is 3. The molecule has 2 heterocycles. The number of piperidine rings is 1. The van der Waals surface area contributed by atoms with Crippen molar-refractivity contribution < 1.29 is 38.9 Å². The fourth-order valence-corrected chi connectivity index (χ4v) is 7.49. The average molecular weight is 744 g/mol. The number of carboxylic acid groups (broad SMARTS) is 1. The van der Waals surface area contributed by atoms with Crippen molar-refractivity contribution in [3.8, 4) is 0 Å². The van der Waals surface area contributed by atoms with Crippen LogP contribution in [0.1, 0.15) is 107 Å². The van der Waals surface area contributed by atoms with E-state index in [0.29, 0.717) is 24.3 Å². The SMILES string of the molecule is CCC(C)C(NC(=O)C1CCCCN1C)C(=O)N(CO)C(CC(OC(C)=O)c1nc(C(=O)NC(Cc2ccccc2)CC(C)C(=O)O)cs1)C(C)C. The molecule has 1 saturated heterocycles. The van der Waals surface area contributed by atoms with Crippen LogP contribution in [0.5, 0.6) is 0 Å². The molecule has 7 atom stereocenters. The first kappa shape index (κ1) is 42.5. The first-order chi connectivity index (χ1) is 24.7. The van der Waals surface area contributed by atoms with Gasteiger partial charge in [0.25, 0.3) is 5.91 Å². The summed E-state index contributed by atoms with van der Waals surface area (Å²) in [5, 5.41) is 28.0. The number of rotatable bonds is 19. The van der Waals surface area contributed by atoms with Gasteiger partial charge in [0.2, 0.25) is 11.8 Å². The van der Waals surface area contributed by atoms with Crippen LogP contribution in [0.4, 0.5) is 0 Å². The molecule has 52 heavy (non-hydrogen) atoms. The Bertz CT molecular complexity index is 1490. The predicted octanol–water partition coefficient (Wildman–Crippen LogP) is 4.41. The van der Waals surface area contributed by atoms with E-state index in [2.05, 4.69) is 15.6 Å². The van der Waals surface area contributed by atoms with E-state index in [0.717, 1.165) is 36.3 Å². The van der Waals surface area contributed by atoms with Crippen LogP contribution < -0.4 is 10.6 Å². The van der Waals surface area contributed by atoms with Gasteiger partial charge in [-0.05, 0) is 56.7 Å². The molecule has 288 valence electrons. The second-order valence-electron chi connectivity index (χ2n) is 14.4. The lowest BCUT2D eigenvalue weighted by molar-refractivity contribution is -0.151. The van der Waals surface area contributed by atoms with Crippen molar-refractivity contribution in [1.82, 2.24) is 25.4 Å². The number of aliphatic hydroxyl groups excluding tert-OH is 1. The number of thiazole rings is 1. The van der Waals surface area contributed by atoms with Crippen LogP contribution in [0.2, 0.25) is 0 Å². The van der Waals surface area contributed by atoms with Crippen LogP contribution in [0.25, 0.3) is 0 Å². The monoisotopic (exact) mass is 743 g/mol. The summed E-state index contributed by atoms with van der Waals surface area (Å²) >= 11 is 1.13. The number of ether oxygens (including phenoxy) is 1. The van der Waals surface area contributed by atoms with Crippen molar-refractivity contribution in [3.63, 3.8) is 0 Å². The lowest BCUT2D eigenvalue weighted by Gasteiger charge is -2.39. The Morgan fingerprint density at radius 3 is 2.33 bits per heavy atom. The standard InChI is InChI=1S/C38H57N5O8S/c1-8-24(4)33(41-35(47)30-16-12-13-17-42(30)7)37(48)43(22-44)31(23(2)3)20-32(51-26(6)45)36-40-29(21-52-36)34(46)39-28(18-25(5)38(49)50)19-27-14-10-9-11-15-27/h9-11,14-15,21,23-25,28,30-33,44H,8,12-13,16-20,22H2,1-7H3,(H,39,46)(H,41,47)(H,49,50). The van der Waals surface area contributed by atoms with E-state index in [1.807, 2.05) is 70.0 Å². The second-order valence-corrected chi connectivity index (χ2v) is 15.3. The largest absolute Gasteiger partial charge is 0.481 e. The van der Waals surface area contributed by atoms with E-state index in [-0.39, 0.29) is 42.3 Å². The summed E-state index contributed by atoms with van der Waals surface area (Å²) in [6.07, 6.45) is 3.03. The van der Waals surface area contributed by atoms with Gasteiger partial charge in [-0.25, -0.2) is 4.98 Å². The van der Waals surface area contributed by atoms with Crippen LogP contribution in [-0.4, -0.2) is 99.1 Å². The quantitative estimate of drug-likeness (QED) is 0.119. The number of likely N-dealkylation sites (N-methyl/N-ethyl adjacent to an activating group) is 1. The molecular weight excluding hydrogens is 687 g/mol. The minimum atomic E-state index is -0.961. The van der Waals surface area contributed by atoms with Crippen LogP contribution >= 0.6 is 11.3 Å². The highest BCUT2D eigenvalue weighted by molar-refractivity contribution is 7.09. The first-order valence-corrected chi connectivity index (χ1v) is 19.2. The van der Waals surface area contributed by atoms with Gasteiger partial charge >= 0.3 is 11.9 Å². The molecule has 1 aliphatic heterocycles. The minimum absolute atomic E-state index is 0.0808. The Kier molecular flexibility index (Phi) is 16.7. The number of likely N-dealkylation sites (tertiary alicyclic amines) is 1. The smallest absolute Gasteiger partial charge is 0.306 e. The highest BCUT2D eigenvalue weighted by Crippen LogP contribution is 2.31. The van der Waals surface area contributed by atoms with E-state index < -0.39 is 60.6 Å². The molecule has 4 N–H and O–H groups in total. The highest BCUT2D eigenvalue weighted by Gasteiger charge is 2.38. The normalized spacial score (nSPS) is 18.4. The number of aliphatic carboxylic acids is 1. The number of hydrogen-bond donors (Lipinski definition) is 4. The van der Waals surface area contributed by atoms with Gasteiger partial charge in [-0.2, -0.15) is 0 Å². The number of carbonyl (C=O) groups excluding carboxylic acids is 4. The number of carbonyl (C=O) groups is 5. The first-order valence-electron chi connectivity index (χ1n) is 18.3. The summed E-state index contributed by atoms with van der Waals surface area (Å²) in [6, 6.07) is 7.13. The molecular formula is C38H57N5O8S. The number of aromatic nitrogens is 1. The number of nitrogens with zero attached hydrogens (tertiary/aromatic N) is 3. The number of esters is 1. The van der Waals surface area contributed by atoms with Gasteiger partial charge in [0.1, 0.15) is 23.5 Å². The molecule has 3 rings (SSSR count). The van der Waals surface area contributed by atoms with Gasteiger partial charge in [-0.15, -0.1) is 11.3 Å². The van der Waals surface area contributed by atoms with Gasteiger partial charge in [0.05, 0.1) is 12.0 Å². The number of nitrogens with one attached hydrogen (secondary N) is 2. The summed E-state index contributed by atoms with van der Waals surface area (Å²) < 4.78 is 5.73. The Morgan fingerprint density at radius 1 is 1.06 bits per heavy atom. The van der Waals surface area contributed by atoms with Crippen molar-refractivity contribution >= 4 is 41.0 Å². The Balaban J connectivity index is 1.84. The molecule has 1 aromatic heterocycles. The second kappa shape index (κ2) is 20.4. The van der Waals surface area contributed by atoms with Gasteiger partial charge in [-0.3, -0.25) is 28.9 Å². The summed E-state index contributed by atoms with van der Waals surface area (Å²) in [7, 11) is 1.91. The molecule has 13 nitrogen and oxygen atoms in total. The lowest BCUT2D eigenvalue weighted by atomic mass is 9.92. The average Bonchev–Trinajstić information content (AvgIpc) is 3.60.